The van der Waals surface area contributed by atoms with Gasteiger partial charge in [-0.1, -0.05) is 6.08 Å². The lowest BCUT2D eigenvalue weighted by Gasteiger charge is -2.13. The first-order valence-corrected chi connectivity index (χ1v) is 6.36. The van der Waals surface area contributed by atoms with Crippen LogP contribution in [0.5, 0.6) is 0 Å². The highest BCUT2D eigenvalue weighted by molar-refractivity contribution is 7.89. The van der Waals surface area contributed by atoms with Crippen molar-refractivity contribution in [3.63, 3.8) is 0 Å². The van der Waals surface area contributed by atoms with E-state index in [1.54, 1.807) is 0 Å². The summed E-state index contributed by atoms with van der Waals surface area (Å²) in [6, 6.07) is -1.87. The van der Waals surface area contributed by atoms with Crippen molar-refractivity contribution in [2.75, 3.05) is 12.3 Å². The molecule has 0 saturated heterocycles. The van der Waals surface area contributed by atoms with E-state index in [0.717, 1.165) is 0 Å². The number of nitrogens with two attached hydrogens (primary N) is 1. The fraction of sp³-hybridized carbons (Fsp3) is 0.500. The van der Waals surface area contributed by atoms with Crippen LogP contribution in [-0.4, -0.2) is 43.9 Å². The summed E-state index contributed by atoms with van der Waals surface area (Å²) < 4.78 is 21.1. The minimum Gasteiger partial charge on any atom is -0.480 e. The molecule has 5 N–H and O–H groups in total. The van der Waals surface area contributed by atoms with E-state index in [4.69, 9.17) is 10.2 Å². The zero-order valence-corrected chi connectivity index (χ0v) is 9.87. The number of carbonyl (C=O) groups excluding carboxylic acids is 1. The van der Waals surface area contributed by atoms with E-state index in [2.05, 4.69) is 17.2 Å². The van der Waals surface area contributed by atoms with Crippen molar-refractivity contribution < 1.29 is 23.1 Å². The number of rotatable bonds is 7. The molecule has 0 spiro atoms. The van der Waals surface area contributed by atoms with Crippen LogP contribution in [0.4, 0.5) is 4.79 Å². The van der Waals surface area contributed by atoms with E-state index < -0.39 is 33.8 Å². The number of aliphatic carboxylic acids is 1. The fourth-order valence-corrected chi connectivity index (χ4v) is 1.29. The van der Waals surface area contributed by atoms with Crippen LogP contribution < -0.4 is 15.8 Å². The van der Waals surface area contributed by atoms with Crippen molar-refractivity contribution in [3.8, 4) is 0 Å². The Hall–Kier alpha value is -1.61. The normalized spacial score (nSPS) is 12.5. The van der Waals surface area contributed by atoms with Gasteiger partial charge in [-0.05, 0) is 6.42 Å². The van der Waals surface area contributed by atoms with Gasteiger partial charge in [-0.15, -0.1) is 6.58 Å². The van der Waals surface area contributed by atoms with Gasteiger partial charge in [0.25, 0.3) is 0 Å². The number of hydrogen-bond acceptors (Lipinski definition) is 4. The molecule has 0 aliphatic carbocycles. The molecule has 0 aromatic rings. The molecule has 0 fully saturated rings. The molecule has 1 atom stereocenters. The lowest BCUT2D eigenvalue weighted by Crippen LogP contribution is -2.46. The van der Waals surface area contributed by atoms with Gasteiger partial charge in [0.15, 0.2) is 0 Å². The summed E-state index contributed by atoms with van der Waals surface area (Å²) >= 11 is 0. The first-order valence-electron chi connectivity index (χ1n) is 4.65. The van der Waals surface area contributed by atoms with Crippen LogP contribution in [0.1, 0.15) is 6.42 Å². The Labute approximate surface area is 98.9 Å². The maximum atomic E-state index is 11.2. The zero-order valence-electron chi connectivity index (χ0n) is 9.05. The smallest absolute Gasteiger partial charge is 0.326 e. The first kappa shape index (κ1) is 15.4. The fourth-order valence-electron chi connectivity index (χ4n) is 0.904. The minimum atomic E-state index is -3.65. The third-order valence-corrected chi connectivity index (χ3v) is 2.45. The lowest BCUT2D eigenvalue weighted by molar-refractivity contribution is -0.139. The second-order valence-electron chi connectivity index (χ2n) is 3.18. The van der Waals surface area contributed by atoms with Gasteiger partial charge >= 0.3 is 12.0 Å². The molecule has 0 bridgehead atoms. The van der Waals surface area contributed by atoms with Crippen molar-refractivity contribution >= 4 is 22.0 Å². The van der Waals surface area contributed by atoms with E-state index in [1.807, 2.05) is 0 Å². The van der Waals surface area contributed by atoms with Crippen molar-refractivity contribution in [1.29, 1.82) is 0 Å². The van der Waals surface area contributed by atoms with Crippen molar-refractivity contribution in [2.45, 2.75) is 12.5 Å². The van der Waals surface area contributed by atoms with Gasteiger partial charge in [-0.3, -0.25) is 0 Å². The number of nitrogens with one attached hydrogen (secondary N) is 2. The predicted molar refractivity (Wildman–Crippen MR) is 60.7 cm³/mol. The van der Waals surface area contributed by atoms with Gasteiger partial charge in [0, 0.05) is 6.54 Å². The standard InChI is InChI=1S/C8H15N3O5S/c1-2-3-6(7(12)13)11-8(14)10-4-5-17(9,15)16/h2,6H,1,3-5H2,(H,12,13)(H2,9,15,16)(H2,10,11,14). The molecular formula is C8H15N3O5S. The van der Waals surface area contributed by atoms with E-state index in [0.29, 0.717) is 0 Å². The van der Waals surface area contributed by atoms with Gasteiger partial charge in [0.05, 0.1) is 5.75 Å². The Morgan fingerprint density at radius 1 is 1.47 bits per heavy atom. The number of amides is 2. The molecule has 98 valence electrons. The van der Waals surface area contributed by atoms with Crippen molar-refractivity contribution in [2.24, 2.45) is 5.14 Å². The van der Waals surface area contributed by atoms with Crippen LogP contribution >= 0.6 is 0 Å². The Bertz CT molecular complexity index is 392. The quantitative estimate of drug-likeness (QED) is 0.419. The maximum Gasteiger partial charge on any atom is 0.326 e. The Morgan fingerprint density at radius 2 is 2.06 bits per heavy atom. The predicted octanol–water partition coefficient (Wildman–Crippen LogP) is -1.40. The molecule has 9 heteroatoms. The summed E-state index contributed by atoms with van der Waals surface area (Å²) in [4.78, 5) is 21.8. The van der Waals surface area contributed by atoms with Gasteiger partial charge in [-0.25, -0.2) is 23.1 Å². The average Bonchev–Trinajstić information content (AvgIpc) is 2.14. The van der Waals surface area contributed by atoms with Crippen LogP contribution in [0.15, 0.2) is 12.7 Å². The number of carbonyl (C=O) groups is 2. The molecule has 0 aromatic heterocycles. The lowest BCUT2D eigenvalue weighted by atomic mass is 10.2. The summed E-state index contributed by atoms with van der Waals surface area (Å²) in [5, 5.41) is 17.7. The van der Waals surface area contributed by atoms with Crippen LogP contribution in [0.2, 0.25) is 0 Å². The van der Waals surface area contributed by atoms with Crippen LogP contribution in [0.3, 0.4) is 0 Å². The zero-order chi connectivity index (χ0) is 13.5. The third kappa shape index (κ3) is 8.22. The van der Waals surface area contributed by atoms with Crippen LogP contribution in [0.25, 0.3) is 0 Å². The number of urea groups is 1. The Morgan fingerprint density at radius 3 is 2.47 bits per heavy atom. The topological polar surface area (TPSA) is 139 Å². The summed E-state index contributed by atoms with van der Waals surface area (Å²) in [5.74, 6) is -1.62. The van der Waals surface area contributed by atoms with Gasteiger partial charge in [0.2, 0.25) is 10.0 Å². The van der Waals surface area contributed by atoms with Gasteiger partial charge in [-0.2, -0.15) is 0 Å². The number of carboxylic acid groups (broad SMARTS) is 1. The second kappa shape index (κ2) is 6.86. The maximum absolute atomic E-state index is 11.2. The van der Waals surface area contributed by atoms with Gasteiger partial charge in [0.1, 0.15) is 6.04 Å². The Kier molecular flexibility index (Phi) is 6.21. The molecule has 17 heavy (non-hydrogen) atoms. The highest BCUT2D eigenvalue weighted by atomic mass is 32.2. The number of sulfonamides is 1. The number of hydrogen-bond donors (Lipinski definition) is 4. The molecular weight excluding hydrogens is 250 g/mol. The van der Waals surface area contributed by atoms with Crippen molar-refractivity contribution in [3.05, 3.63) is 12.7 Å². The Balaban J connectivity index is 4.07. The van der Waals surface area contributed by atoms with Gasteiger partial charge < -0.3 is 15.7 Å². The van der Waals surface area contributed by atoms with Crippen LogP contribution in [-0.2, 0) is 14.8 Å². The van der Waals surface area contributed by atoms with E-state index in [-0.39, 0.29) is 13.0 Å². The number of primary sulfonamides is 1. The van der Waals surface area contributed by atoms with Crippen molar-refractivity contribution in [1.82, 2.24) is 10.6 Å². The molecule has 8 nitrogen and oxygen atoms in total. The highest BCUT2D eigenvalue weighted by Crippen LogP contribution is 1.92. The molecule has 0 radical (unpaired) electrons. The molecule has 0 saturated carbocycles. The summed E-state index contributed by atoms with van der Waals surface area (Å²) in [5.41, 5.74) is 0. The summed E-state index contributed by atoms with van der Waals surface area (Å²) in [6.45, 7) is 3.16. The molecule has 0 heterocycles. The number of carboxylic acids is 1. The third-order valence-electron chi connectivity index (χ3n) is 1.68. The van der Waals surface area contributed by atoms with E-state index in [9.17, 15) is 18.0 Å². The summed E-state index contributed by atoms with van der Waals surface area (Å²) in [7, 11) is -3.65. The highest BCUT2D eigenvalue weighted by Gasteiger charge is 2.17. The monoisotopic (exact) mass is 265 g/mol. The largest absolute Gasteiger partial charge is 0.480 e. The van der Waals surface area contributed by atoms with Crippen LogP contribution in [0, 0.1) is 0 Å². The molecule has 2 amide bonds. The molecule has 1 unspecified atom stereocenters. The minimum absolute atomic E-state index is 0.0674. The summed E-state index contributed by atoms with van der Waals surface area (Å²) in [6.07, 6.45) is 1.42. The molecule has 0 aliphatic heterocycles. The van der Waals surface area contributed by atoms with E-state index in [1.165, 1.54) is 6.08 Å². The first-order chi connectivity index (χ1) is 7.76. The van der Waals surface area contributed by atoms with E-state index >= 15 is 0 Å². The average molecular weight is 265 g/mol. The second-order valence-corrected chi connectivity index (χ2v) is 4.92. The molecule has 0 aromatic carbocycles. The SMILES string of the molecule is C=CCC(NC(=O)NCCS(N)(=O)=O)C(=O)O. The molecule has 0 rings (SSSR count). The molecule has 0 aliphatic rings.